The van der Waals surface area contributed by atoms with Crippen LogP contribution in [0.1, 0.15) is 303 Å². The average Bonchev–Trinajstić information content (AvgIpc) is 3.50. The molecule has 11 heteroatoms. The molecule has 0 bridgehead atoms. The molecule has 0 aliphatic carbocycles. The van der Waals surface area contributed by atoms with E-state index >= 15 is 0 Å². The Balaban J connectivity index is 1.96. The second kappa shape index (κ2) is 59.8. The van der Waals surface area contributed by atoms with Gasteiger partial charge in [-0.1, -0.05) is 254 Å². The lowest BCUT2D eigenvalue weighted by molar-refractivity contribution is -0.302. The zero-order chi connectivity index (χ0) is 59.5. The number of hydrogen-bond donors (Lipinski definition) is 6. The average molecular weight is 1150 g/mol. The molecule has 7 unspecified atom stereocenters. The van der Waals surface area contributed by atoms with E-state index in [1.807, 2.05) is 6.08 Å². The van der Waals surface area contributed by atoms with Gasteiger partial charge in [-0.25, -0.2) is 0 Å². The minimum Gasteiger partial charge on any atom is -0.466 e. The van der Waals surface area contributed by atoms with Gasteiger partial charge in [0.25, 0.3) is 0 Å². The highest BCUT2D eigenvalue weighted by Gasteiger charge is 2.44. The summed E-state index contributed by atoms with van der Waals surface area (Å²) in [6.45, 7) is 4.20. The van der Waals surface area contributed by atoms with Gasteiger partial charge in [0.15, 0.2) is 6.29 Å². The first-order valence-corrected chi connectivity index (χ1v) is 34.2. The summed E-state index contributed by atoms with van der Waals surface area (Å²) in [5, 5.41) is 54.3. The molecular weight excluding hydrogens is 1030 g/mol. The molecule has 0 aromatic rings. The number of allylic oxidation sites excluding steroid dienone is 11. The molecule has 0 spiro atoms. The highest BCUT2D eigenvalue weighted by atomic mass is 16.7. The third-order valence-corrected chi connectivity index (χ3v) is 15.8. The molecule has 6 N–H and O–H groups in total. The molecule has 1 amide bonds. The first-order valence-electron chi connectivity index (χ1n) is 34.2. The van der Waals surface area contributed by atoms with E-state index in [0.717, 1.165) is 77.0 Å². The lowest BCUT2D eigenvalue weighted by Gasteiger charge is -2.40. The van der Waals surface area contributed by atoms with Crippen molar-refractivity contribution in [3.63, 3.8) is 0 Å². The number of amides is 1. The Morgan fingerprint density at radius 3 is 1.34 bits per heavy atom. The van der Waals surface area contributed by atoms with Crippen LogP contribution in [-0.2, 0) is 23.8 Å². The number of hydrogen-bond acceptors (Lipinski definition) is 10. The number of ether oxygens (including phenoxy) is 3. The van der Waals surface area contributed by atoms with Gasteiger partial charge < -0.3 is 45.1 Å². The van der Waals surface area contributed by atoms with Crippen LogP contribution in [0.25, 0.3) is 0 Å². The highest BCUT2D eigenvalue weighted by Crippen LogP contribution is 2.23. The van der Waals surface area contributed by atoms with Gasteiger partial charge in [-0.15, -0.1) is 0 Å². The van der Waals surface area contributed by atoms with Crippen LogP contribution in [0.4, 0.5) is 0 Å². The maximum Gasteiger partial charge on any atom is 0.305 e. The summed E-state index contributed by atoms with van der Waals surface area (Å²) in [6.07, 6.45) is 70.5. The molecule has 7 atom stereocenters. The van der Waals surface area contributed by atoms with E-state index in [-0.39, 0.29) is 18.5 Å². The van der Waals surface area contributed by atoms with E-state index in [0.29, 0.717) is 19.4 Å². The van der Waals surface area contributed by atoms with Crippen LogP contribution in [0.3, 0.4) is 0 Å². The first kappa shape index (κ1) is 77.1. The number of nitrogens with one attached hydrogen (secondary N) is 1. The largest absolute Gasteiger partial charge is 0.466 e. The molecule has 11 nitrogen and oxygen atoms in total. The van der Waals surface area contributed by atoms with Crippen LogP contribution < -0.4 is 5.32 Å². The summed E-state index contributed by atoms with van der Waals surface area (Å²) in [6, 6.07) is -0.836. The summed E-state index contributed by atoms with van der Waals surface area (Å²) in [4.78, 5) is 25.1. The smallest absolute Gasteiger partial charge is 0.305 e. The Morgan fingerprint density at radius 1 is 0.463 bits per heavy atom. The van der Waals surface area contributed by atoms with Crippen LogP contribution in [-0.4, -0.2) is 100 Å². The third-order valence-electron chi connectivity index (χ3n) is 15.8. The second-order valence-corrected chi connectivity index (χ2v) is 23.5. The summed E-state index contributed by atoms with van der Waals surface area (Å²) >= 11 is 0. The molecule has 0 radical (unpaired) electrons. The van der Waals surface area contributed by atoms with Crippen LogP contribution in [0.15, 0.2) is 72.9 Å². The van der Waals surface area contributed by atoms with Crippen molar-refractivity contribution in [2.24, 2.45) is 0 Å². The molecule has 0 aromatic carbocycles. The molecule has 1 fully saturated rings. The van der Waals surface area contributed by atoms with Crippen molar-refractivity contribution in [2.45, 2.75) is 346 Å². The SMILES string of the molecule is CC/C=C/CC/C=C/CC/C=C/C(O)C(COC1OC(CO)C(O)C(O)C1O)NC(=O)CCCCCCCCCCCCCCC/C=C\C/C=C\CCCCCCCCCCCOC(=O)CCCCCCC/C=C\CCCCCCCC. The number of carbonyl (C=O) groups excluding carboxylic acids is 2. The Labute approximate surface area is 502 Å². The highest BCUT2D eigenvalue weighted by molar-refractivity contribution is 5.76. The van der Waals surface area contributed by atoms with Crippen molar-refractivity contribution in [2.75, 3.05) is 19.8 Å². The Hall–Kier alpha value is -2.90. The van der Waals surface area contributed by atoms with Gasteiger partial charge in [-0.2, -0.15) is 0 Å². The first-order chi connectivity index (χ1) is 40.2. The Bertz CT molecular complexity index is 1590. The van der Waals surface area contributed by atoms with Crippen molar-refractivity contribution >= 4 is 11.9 Å². The summed E-state index contributed by atoms with van der Waals surface area (Å²) < 4.78 is 16.7. The van der Waals surface area contributed by atoms with Crippen molar-refractivity contribution in [3.8, 4) is 0 Å². The van der Waals surface area contributed by atoms with E-state index in [4.69, 9.17) is 14.2 Å². The molecule has 1 heterocycles. The van der Waals surface area contributed by atoms with Crippen LogP contribution in [0, 0.1) is 0 Å². The lowest BCUT2D eigenvalue weighted by atomic mass is 9.99. The molecule has 1 rings (SSSR count). The van der Waals surface area contributed by atoms with Gasteiger partial charge in [-0.3, -0.25) is 9.59 Å². The van der Waals surface area contributed by atoms with Gasteiger partial charge >= 0.3 is 5.97 Å². The maximum atomic E-state index is 13.0. The predicted octanol–water partition coefficient (Wildman–Crippen LogP) is 17.1. The quantitative estimate of drug-likeness (QED) is 0.0195. The number of unbranched alkanes of at least 4 members (excludes halogenated alkanes) is 35. The molecular formula is C71H127NO10. The number of aliphatic hydroxyl groups is 5. The van der Waals surface area contributed by atoms with Gasteiger partial charge in [0, 0.05) is 12.8 Å². The van der Waals surface area contributed by atoms with Crippen LogP contribution in [0.2, 0.25) is 0 Å². The van der Waals surface area contributed by atoms with Gasteiger partial charge in [-0.05, 0) is 109 Å². The predicted molar refractivity (Wildman–Crippen MR) is 343 cm³/mol. The van der Waals surface area contributed by atoms with E-state index in [9.17, 15) is 35.1 Å². The summed E-state index contributed by atoms with van der Waals surface area (Å²) in [7, 11) is 0. The lowest BCUT2D eigenvalue weighted by Crippen LogP contribution is -2.60. The van der Waals surface area contributed by atoms with Gasteiger partial charge in [0.2, 0.25) is 5.91 Å². The fourth-order valence-electron chi connectivity index (χ4n) is 10.4. The van der Waals surface area contributed by atoms with Gasteiger partial charge in [0.1, 0.15) is 24.4 Å². The van der Waals surface area contributed by atoms with Crippen molar-refractivity contribution in [3.05, 3.63) is 72.9 Å². The van der Waals surface area contributed by atoms with Gasteiger partial charge in [0.05, 0.1) is 32.0 Å². The second-order valence-electron chi connectivity index (χ2n) is 23.5. The third kappa shape index (κ3) is 48.3. The van der Waals surface area contributed by atoms with E-state index in [2.05, 4.69) is 79.9 Å². The van der Waals surface area contributed by atoms with E-state index in [1.165, 1.54) is 199 Å². The van der Waals surface area contributed by atoms with E-state index < -0.39 is 49.5 Å². The number of aliphatic hydroxyl groups excluding tert-OH is 5. The molecule has 476 valence electrons. The topological polar surface area (TPSA) is 175 Å². The van der Waals surface area contributed by atoms with Crippen LogP contribution in [0.5, 0.6) is 0 Å². The fourth-order valence-corrected chi connectivity index (χ4v) is 10.4. The zero-order valence-corrected chi connectivity index (χ0v) is 52.7. The number of esters is 1. The van der Waals surface area contributed by atoms with E-state index in [1.54, 1.807) is 6.08 Å². The molecule has 1 aliphatic rings. The summed E-state index contributed by atoms with van der Waals surface area (Å²) in [5.41, 5.74) is 0. The summed E-state index contributed by atoms with van der Waals surface area (Å²) in [5.74, 6) is -0.206. The van der Waals surface area contributed by atoms with Crippen molar-refractivity contribution < 1.29 is 49.3 Å². The molecule has 1 aliphatic heterocycles. The molecule has 0 saturated carbocycles. The maximum absolute atomic E-state index is 13.0. The zero-order valence-electron chi connectivity index (χ0n) is 52.7. The Morgan fingerprint density at radius 2 is 0.866 bits per heavy atom. The normalized spacial score (nSPS) is 18.6. The van der Waals surface area contributed by atoms with Crippen molar-refractivity contribution in [1.82, 2.24) is 5.32 Å². The molecule has 0 aromatic heterocycles. The minimum absolute atomic E-state index is 0.00570. The van der Waals surface area contributed by atoms with Crippen molar-refractivity contribution in [1.29, 1.82) is 0 Å². The number of carbonyl (C=O) groups is 2. The monoisotopic (exact) mass is 1150 g/mol. The van der Waals surface area contributed by atoms with Crippen LogP contribution >= 0.6 is 0 Å². The fraction of sp³-hybridized carbons (Fsp3) is 0.803. The standard InChI is InChI=1S/C71H127NO10/c1-3-5-7-9-11-13-15-16-32-36-39-43-47-51-55-59-67(76)80-60-56-52-48-44-40-37-34-31-29-27-25-23-21-19-17-18-20-22-24-26-28-30-33-35-38-42-46-50-54-58-66(75)72-63(62-81-71-70(79)69(78)68(77)65(61-73)82-71)64(74)57-53-49-45-41-14-12-10-8-6-4-2/h6,8,14,16-17,19,23,25,32,41,53,57,63-65,68-71,73-74,77-79H,3-5,7,9-13,15,18,20-22,24,26-31,33-40,42-52,54-56,58-62H2,1-2H3,(H,72,75)/b8-6+,19-17-,25-23-,32-16-,41-14+,57-53+. The molecule has 82 heavy (non-hydrogen) atoms. The Kier molecular flexibility index (Phi) is 56.2. The minimum atomic E-state index is -1.58. The molecule has 1 saturated heterocycles. The number of rotatable bonds is 59.